The molecule has 1 aliphatic heterocycles. The van der Waals surface area contributed by atoms with Crippen molar-refractivity contribution in [3.05, 3.63) is 52.1 Å². The first-order valence-electron chi connectivity index (χ1n) is 10.7. The summed E-state index contributed by atoms with van der Waals surface area (Å²) in [7, 11) is -1.40. The highest BCUT2D eigenvalue weighted by Gasteiger charge is 2.31. The zero-order valence-electron chi connectivity index (χ0n) is 17.9. The lowest BCUT2D eigenvalue weighted by molar-refractivity contribution is 0.375. The fourth-order valence-corrected chi connectivity index (χ4v) is 6.00. The Hall–Kier alpha value is -2.58. The van der Waals surface area contributed by atoms with E-state index >= 15 is 0 Å². The number of benzene rings is 1. The minimum atomic E-state index is -3.16. The lowest BCUT2D eigenvalue weighted by Gasteiger charge is -2.38. The first-order valence-corrected chi connectivity index (χ1v) is 12.8. The molecule has 1 aromatic carbocycles. The molecule has 2 aliphatic rings. The Morgan fingerprint density at radius 3 is 2.61 bits per heavy atom. The Morgan fingerprint density at radius 1 is 1.16 bits per heavy atom. The summed E-state index contributed by atoms with van der Waals surface area (Å²) >= 11 is 0. The normalized spacial score (nSPS) is 21.2. The van der Waals surface area contributed by atoms with Crippen molar-refractivity contribution in [3.8, 4) is 11.1 Å². The van der Waals surface area contributed by atoms with Crippen LogP contribution in [-0.2, 0) is 29.2 Å². The van der Waals surface area contributed by atoms with Crippen molar-refractivity contribution < 1.29 is 8.42 Å². The maximum atomic E-state index is 12.8. The average molecular weight is 441 g/mol. The van der Waals surface area contributed by atoms with E-state index in [4.69, 9.17) is 5.73 Å². The van der Waals surface area contributed by atoms with Gasteiger partial charge in [-0.15, -0.1) is 0 Å². The van der Waals surface area contributed by atoms with E-state index < -0.39 is 9.84 Å². The number of aromatic nitrogens is 2. The van der Waals surface area contributed by atoms with Gasteiger partial charge in [-0.1, -0.05) is 6.07 Å². The second-order valence-corrected chi connectivity index (χ2v) is 11.3. The van der Waals surface area contributed by atoms with Gasteiger partial charge < -0.3 is 20.2 Å². The van der Waals surface area contributed by atoms with Gasteiger partial charge in [-0.25, -0.2) is 8.42 Å². The number of nitrogens with one attached hydrogen (secondary N) is 1. The fourth-order valence-electron chi connectivity index (χ4n) is 5.21. The van der Waals surface area contributed by atoms with Gasteiger partial charge in [0, 0.05) is 66.5 Å². The molecule has 3 heterocycles. The SMILES string of the molecule is Cn1cc2c3c(c[nH]c3c1=O)CN(C1CCC(N)CC1)c1ccc(CS(C)(=O)=O)cc1-2. The Kier molecular flexibility index (Phi) is 4.75. The van der Waals surface area contributed by atoms with Crippen molar-refractivity contribution in [1.82, 2.24) is 9.55 Å². The summed E-state index contributed by atoms with van der Waals surface area (Å²) in [6, 6.07) is 6.58. The summed E-state index contributed by atoms with van der Waals surface area (Å²) in [4.78, 5) is 18.4. The van der Waals surface area contributed by atoms with Crippen molar-refractivity contribution in [2.24, 2.45) is 12.8 Å². The Morgan fingerprint density at radius 2 is 1.90 bits per heavy atom. The van der Waals surface area contributed by atoms with Crippen LogP contribution in [0.25, 0.3) is 22.0 Å². The molecule has 5 rings (SSSR count). The summed E-state index contributed by atoms with van der Waals surface area (Å²) in [6.07, 6.45) is 9.12. The molecule has 164 valence electrons. The van der Waals surface area contributed by atoms with Crippen molar-refractivity contribution in [2.75, 3.05) is 11.2 Å². The number of H-pyrrole nitrogens is 1. The Bertz CT molecular complexity index is 1330. The van der Waals surface area contributed by atoms with E-state index in [2.05, 4.69) is 16.0 Å². The summed E-state index contributed by atoms with van der Waals surface area (Å²) in [6.45, 7) is 0.707. The molecule has 0 radical (unpaired) electrons. The lowest BCUT2D eigenvalue weighted by atomic mass is 9.90. The van der Waals surface area contributed by atoms with E-state index in [9.17, 15) is 13.2 Å². The summed E-state index contributed by atoms with van der Waals surface area (Å²) in [5.41, 5.74) is 11.6. The van der Waals surface area contributed by atoms with E-state index in [-0.39, 0.29) is 17.4 Å². The number of hydrogen-bond donors (Lipinski definition) is 2. The lowest BCUT2D eigenvalue weighted by Crippen LogP contribution is -2.40. The van der Waals surface area contributed by atoms with E-state index in [1.807, 2.05) is 24.5 Å². The van der Waals surface area contributed by atoms with Crippen LogP contribution in [0.2, 0.25) is 0 Å². The number of aromatic amines is 1. The zero-order valence-corrected chi connectivity index (χ0v) is 18.7. The molecule has 31 heavy (non-hydrogen) atoms. The molecular formula is C23H28N4O3S. The highest BCUT2D eigenvalue weighted by Crippen LogP contribution is 2.43. The van der Waals surface area contributed by atoms with Crippen LogP contribution in [-0.4, -0.2) is 36.3 Å². The summed E-state index contributed by atoms with van der Waals surface area (Å²) in [5.74, 6) is -0.00648. The van der Waals surface area contributed by atoms with Crippen LogP contribution in [0.5, 0.6) is 0 Å². The third kappa shape index (κ3) is 3.57. The van der Waals surface area contributed by atoms with Crippen LogP contribution in [0.3, 0.4) is 0 Å². The average Bonchev–Trinajstić information content (AvgIpc) is 3.07. The van der Waals surface area contributed by atoms with Gasteiger partial charge in [0.1, 0.15) is 5.52 Å². The minimum absolute atomic E-state index is 0.00648. The molecule has 7 nitrogen and oxygen atoms in total. The maximum absolute atomic E-state index is 12.8. The van der Waals surface area contributed by atoms with E-state index in [1.54, 1.807) is 11.6 Å². The minimum Gasteiger partial charge on any atom is -0.364 e. The van der Waals surface area contributed by atoms with Gasteiger partial charge in [-0.2, -0.15) is 0 Å². The molecule has 0 atom stereocenters. The molecule has 0 saturated heterocycles. The third-order valence-electron chi connectivity index (χ3n) is 6.70. The molecule has 0 bridgehead atoms. The topological polar surface area (TPSA) is 101 Å². The number of rotatable bonds is 3. The van der Waals surface area contributed by atoms with Crippen molar-refractivity contribution in [2.45, 2.75) is 50.1 Å². The molecular weight excluding hydrogens is 412 g/mol. The second-order valence-electron chi connectivity index (χ2n) is 9.14. The second kappa shape index (κ2) is 7.24. The molecule has 3 aromatic rings. The smallest absolute Gasteiger partial charge is 0.274 e. The molecule has 1 saturated carbocycles. The van der Waals surface area contributed by atoms with Crippen molar-refractivity contribution in [1.29, 1.82) is 0 Å². The largest absolute Gasteiger partial charge is 0.364 e. The van der Waals surface area contributed by atoms with Crippen LogP contribution in [0.4, 0.5) is 5.69 Å². The number of nitrogens with two attached hydrogens (primary N) is 1. The van der Waals surface area contributed by atoms with E-state index in [1.165, 1.54) is 6.26 Å². The standard InChI is InChI=1S/C23H28N4O3S/c1-26-12-19-18-9-14(13-31(2,29)30)3-8-20(18)27(17-6-4-16(24)5-7-17)11-15-10-25-22(21(15)19)23(26)28/h3,8-10,12,16-17,25H,4-7,11,13,24H2,1-2H3. The number of aryl methyl sites for hydroxylation is 1. The predicted octanol–water partition coefficient (Wildman–Crippen LogP) is 2.67. The third-order valence-corrected chi connectivity index (χ3v) is 7.56. The van der Waals surface area contributed by atoms with Gasteiger partial charge in [0.15, 0.2) is 9.84 Å². The fraction of sp³-hybridized carbons (Fsp3) is 0.435. The van der Waals surface area contributed by atoms with Crippen LogP contribution in [0.1, 0.15) is 36.8 Å². The highest BCUT2D eigenvalue weighted by molar-refractivity contribution is 7.89. The summed E-state index contributed by atoms with van der Waals surface area (Å²) < 4.78 is 25.5. The van der Waals surface area contributed by atoms with E-state index in [0.29, 0.717) is 18.1 Å². The van der Waals surface area contributed by atoms with Gasteiger partial charge in [0.05, 0.1) is 5.75 Å². The molecule has 8 heteroatoms. The molecule has 2 aromatic heterocycles. The first-order chi connectivity index (χ1) is 14.7. The number of sulfone groups is 1. The zero-order chi connectivity index (χ0) is 21.9. The van der Waals surface area contributed by atoms with Crippen LogP contribution in [0, 0.1) is 0 Å². The van der Waals surface area contributed by atoms with E-state index in [0.717, 1.165) is 59.0 Å². The van der Waals surface area contributed by atoms with Gasteiger partial charge in [0.2, 0.25) is 0 Å². The Balaban J connectivity index is 1.74. The van der Waals surface area contributed by atoms with Gasteiger partial charge in [-0.05, 0) is 48.9 Å². The predicted molar refractivity (Wildman–Crippen MR) is 124 cm³/mol. The number of fused-ring (bicyclic) bond motifs is 2. The Labute approximate surface area is 181 Å². The molecule has 1 fully saturated rings. The van der Waals surface area contributed by atoms with Crippen molar-refractivity contribution >= 4 is 26.4 Å². The summed E-state index contributed by atoms with van der Waals surface area (Å²) in [5, 5.41) is 0.941. The number of hydrogen-bond acceptors (Lipinski definition) is 5. The molecule has 0 spiro atoms. The number of nitrogens with zero attached hydrogens (tertiary/aromatic N) is 2. The molecule has 1 aliphatic carbocycles. The molecule has 0 unspecified atom stereocenters. The monoisotopic (exact) mass is 440 g/mol. The highest BCUT2D eigenvalue weighted by atomic mass is 32.2. The van der Waals surface area contributed by atoms with Gasteiger partial charge >= 0.3 is 0 Å². The quantitative estimate of drug-likeness (QED) is 0.652. The van der Waals surface area contributed by atoms with Crippen molar-refractivity contribution in [3.63, 3.8) is 0 Å². The van der Waals surface area contributed by atoms with Crippen LogP contribution >= 0.6 is 0 Å². The number of pyridine rings is 1. The molecule has 0 amide bonds. The first kappa shape index (κ1) is 20.3. The van der Waals surface area contributed by atoms with Gasteiger partial charge in [-0.3, -0.25) is 4.79 Å². The van der Waals surface area contributed by atoms with Crippen LogP contribution < -0.4 is 16.2 Å². The van der Waals surface area contributed by atoms with Crippen LogP contribution in [0.15, 0.2) is 35.4 Å². The maximum Gasteiger partial charge on any atom is 0.274 e. The number of anilines is 1. The van der Waals surface area contributed by atoms with Gasteiger partial charge in [0.25, 0.3) is 5.56 Å². The molecule has 3 N–H and O–H groups in total.